The summed E-state index contributed by atoms with van der Waals surface area (Å²) < 4.78 is 6.97. The van der Waals surface area contributed by atoms with Crippen molar-refractivity contribution in [3.05, 3.63) is 47.3 Å². The largest absolute Gasteiger partial charge is 0.461 e. The molecule has 2 rings (SSSR count). The first kappa shape index (κ1) is 15.3. The number of benzene rings is 1. The third kappa shape index (κ3) is 3.32. The Bertz CT molecular complexity index is 615. The van der Waals surface area contributed by atoms with Gasteiger partial charge in [-0.15, -0.1) is 0 Å². The summed E-state index contributed by atoms with van der Waals surface area (Å²) in [6.45, 7) is 8.42. The fraction of sp³-hybridized carbons (Fsp3) is 0.412. The first-order chi connectivity index (χ1) is 10.0. The predicted octanol–water partition coefficient (Wildman–Crippen LogP) is 3.56. The Balaban J connectivity index is 2.52. The molecule has 0 spiro atoms. The van der Waals surface area contributed by atoms with E-state index in [-0.39, 0.29) is 5.97 Å². The second-order valence-electron chi connectivity index (χ2n) is 5.49. The minimum atomic E-state index is -0.352. The maximum Gasteiger partial charge on any atom is 0.359 e. The van der Waals surface area contributed by atoms with Gasteiger partial charge in [0.1, 0.15) is 0 Å². The van der Waals surface area contributed by atoms with Crippen molar-refractivity contribution in [2.75, 3.05) is 6.61 Å². The van der Waals surface area contributed by atoms with Gasteiger partial charge < -0.3 is 4.74 Å². The van der Waals surface area contributed by atoms with Crippen LogP contribution in [-0.4, -0.2) is 22.4 Å². The molecule has 0 aliphatic heterocycles. The normalized spacial score (nSPS) is 10.9. The molecule has 0 bridgehead atoms. The number of aromatic nitrogens is 2. The summed E-state index contributed by atoms with van der Waals surface area (Å²) in [6, 6.07) is 9.88. The smallest absolute Gasteiger partial charge is 0.359 e. The molecular formula is C17H22N2O2. The number of para-hydroxylation sites is 1. The summed E-state index contributed by atoms with van der Waals surface area (Å²) in [5.74, 6) is 0.132. The van der Waals surface area contributed by atoms with Gasteiger partial charge in [-0.05, 0) is 38.3 Å². The first-order valence-electron chi connectivity index (χ1n) is 7.35. The van der Waals surface area contributed by atoms with E-state index in [1.54, 1.807) is 6.92 Å². The van der Waals surface area contributed by atoms with Crippen LogP contribution in [-0.2, 0) is 11.2 Å². The molecular weight excluding hydrogens is 264 g/mol. The zero-order chi connectivity index (χ0) is 15.4. The van der Waals surface area contributed by atoms with Crippen LogP contribution in [0.2, 0.25) is 0 Å². The number of hydrogen-bond acceptors (Lipinski definition) is 3. The Morgan fingerprint density at radius 3 is 2.52 bits per heavy atom. The molecule has 0 N–H and O–H groups in total. The van der Waals surface area contributed by atoms with E-state index in [1.807, 2.05) is 41.9 Å². The molecule has 0 saturated heterocycles. The van der Waals surface area contributed by atoms with Gasteiger partial charge in [0.2, 0.25) is 0 Å². The monoisotopic (exact) mass is 286 g/mol. The lowest BCUT2D eigenvalue weighted by atomic mass is 10.0. The molecule has 0 aliphatic carbocycles. The van der Waals surface area contributed by atoms with E-state index in [1.165, 1.54) is 0 Å². The van der Waals surface area contributed by atoms with Crippen molar-refractivity contribution in [1.29, 1.82) is 0 Å². The third-order valence-corrected chi connectivity index (χ3v) is 3.31. The zero-order valence-electron chi connectivity index (χ0n) is 13.1. The number of hydrogen-bond donors (Lipinski definition) is 0. The summed E-state index contributed by atoms with van der Waals surface area (Å²) in [7, 11) is 0. The quantitative estimate of drug-likeness (QED) is 0.789. The molecule has 0 amide bonds. The Hall–Kier alpha value is -2.10. The Morgan fingerprint density at radius 2 is 1.95 bits per heavy atom. The van der Waals surface area contributed by atoms with Gasteiger partial charge in [0.25, 0.3) is 0 Å². The highest BCUT2D eigenvalue weighted by Gasteiger charge is 2.22. The van der Waals surface area contributed by atoms with Crippen molar-refractivity contribution in [3.8, 4) is 5.69 Å². The Kier molecular flexibility index (Phi) is 4.78. The molecule has 0 radical (unpaired) electrons. The van der Waals surface area contributed by atoms with E-state index < -0.39 is 0 Å². The van der Waals surface area contributed by atoms with Crippen molar-refractivity contribution in [2.24, 2.45) is 5.92 Å². The summed E-state index contributed by atoms with van der Waals surface area (Å²) in [5, 5.41) is 4.49. The van der Waals surface area contributed by atoms with E-state index in [2.05, 4.69) is 18.9 Å². The van der Waals surface area contributed by atoms with Gasteiger partial charge in [0.05, 0.1) is 12.3 Å². The lowest BCUT2D eigenvalue weighted by Gasteiger charge is -2.10. The molecule has 4 nitrogen and oxygen atoms in total. The highest BCUT2D eigenvalue weighted by Crippen LogP contribution is 2.21. The van der Waals surface area contributed by atoms with Crippen LogP contribution in [0.15, 0.2) is 30.3 Å². The minimum Gasteiger partial charge on any atom is -0.461 e. The average molecular weight is 286 g/mol. The third-order valence-electron chi connectivity index (χ3n) is 3.31. The van der Waals surface area contributed by atoms with Gasteiger partial charge in [-0.25, -0.2) is 9.48 Å². The van der Waals surface area contributed by atoms with E-state index in [0.29, 0.717) is 18.2 Å². The van der Waals surface area contributed by atoms with Crippen molar-refractivity contribution in [2.45, 2.75) is 34.1 Å². The lowest BCUT2D eigenvalue weighted by molar-refractivity contribution is 0.0518. The molecule has 21 heavy (non-hydrogen) atoms. The van der Waals surface area contributed by atoms with Gasteiger partial charge in [-0.2, -0.15) is 5.10 Å². The number of ether oxygens (including phenoxy) is 1. The molecule has 0 atom stereocenters. The maximum atomic E-state index is 12.1. The number of carbonyl (C=O) groups excluding carboxylic acids is 1. The van der Waals surface area contributed by atoms with Crippen LogP contribution in [0.25, 0.3) is 5.69 Å². The van der Waals surface area contributed by atoms with Crippen LogP contribution < -0.4 is 0 Å². The molecule has 0 saturated carbocycles. The molecule has 0 aliphatic rings. The summed E-state index contributed by atoms with van der Waals surface area (Å²) in [4.78, 5) is 12.1. The van der Waals surface area contributed by atoms with Crippen molar-refractivity contribution in [3.63, 3.8) is 0 Å². The second kappa shape index (κ2) is 6.57. The van der Waals surface area contributed by atoms with Crippen LogP contribution >= 0.6 is 0 Å². The first-order valence-corrected chi connectivity index (χ1v) is 7.35. The molecule has 1 heterocycles. The van der Waals surface area contributed by atoms with Crippen LogP contribution in [0.1, 0.15) is 42.5 Å². The molecule has 1 aromatic heterocycles. The highest BCUT2D eigenvalue weighted by atomic mass is 16.5. The maximum absolute atomic E-state index is 12.1. The zero-order valence-corrected chi connectivity index (χ0v) is 13.1. The van der Waals surface area contributed by atoms with Gasteiger partial charge >= 0.3 is 5.97 Å². The summed E-state index contributed by atoms with van der Waals surface area (Å²) >= 11 is 0. The number of esters is 1. The molecule has 2 aromatic rings. The Labute approximate surface area is 125 Å². The van der Waals surface area contributed by atoms with Crippen molar-refractivity contribution < 1.29 is 9.53 Å². The molecule has 4 heteroatoms. The standard InChI is InChI=1S/C17H22N2O2/c1-5-21-17(20)16-13(4)15(11-12(2)3)19(18-16)14-9-7-6-8-10-14/h6-10,12H,5,11H2,1-4H3. The van der Waals surface area contributed by atoms with Gasteiger partial charge in [0.15, 0.2) is 5.69 Å². The topological polar surface area (TPSA) is 44.1 Å². The lowest BCUT2D eigenvalue weighted by Crippen LogP contribution is -2.07. The van der Waals surface area contributed by atoms with Crippen LogP contribution in [0.3, 0.4) is 0 Å². The van der Waals surface area contributed by atoms with Gasteiger partial charge in [-0.1, -0.05) is 32.0 Å². The predicted molar refractivity (Wildman–Crippen MR) is 82.8 cm³/mol. The number of carbonyl (C=O) groups is 1. The number of nitrogens with zero attached hydrogens (tertiary/aromatic N) is 2. The highest BCUT2D eigenvalue weighted by molar-refractivity contribution is 5.89. The fourth-order valence-electron chi connectivity index (χ4n) is 2.33. The summed E-state index contributed by atoms with van der Waals surface area (Å²) in [6.07, 6.45) is 0.868. The second-order valence-corrected chi connectivity index (χ2v) is 5.49. The van der Waals surface area contributed by atoms with E-state index in [0.717, 1.165) is 23.4 Å². The van der Waals surface area contributed by atoms with E-state index in [4.69, 9.17) is 4.74 Å². The van der Waals surface area contributed by atoms with Crippen molar-refractivity contribution in [1.82, 2.24) is 9.78 Å². The number of rotatable bonds is 5. The van der Waals surface area contributed by atoms with Gasteiger partial charge in [0, 0.05) is 11.3 Å². The van der Waals surface area contributed by atoms with Crippen LogP contribution in [0.5, 0.6) is 0 Å². The van der Waals surface area contributed by atoms with E-state index >= 15 is 0 Å². The SMILES string of the molecule is CCOC(=O)c1nn(-c2ccccc2)c(CC(C)C)c1C. The van der Waals surface area contributed by atoms with Crippen LogP contribution in [0, 0.1) is 12.8 Å². The minimum absolute atomic E-state index is 0.352. The summed E-state index contributed by atoms with van der Waals surface area (Å²) in [5.41, 5.74) is 3.36. The average Bonchev–Trinajstić information content (AvgIpc) is 2.77. The molecule has 0 fully saturated rings. The molecule has 1 aromatic carbocycles. The Morgan fingerprint density at radius 1 is 1.29 bits per heavy atom. The van der Waals surface area contributed by atoms with Crippen molar-refractivity contribution >= 4 is 5.97 Å². The molecule has 0 unspecified atom stereocenters. The van der Waals surface area contributed by atoms with Gasteiger partial charge in [-0.3, -0.25) is 0 Å². The van der Waals surface area contributed by atoms with Crippen LogP contribution in [0.4, 0.5) is 0 Å². The fourth-order valence-corrected chi connectivity index (χ4v) is 2.33. The van der Waals surface area contributed by atoms with E-state index in [9.17, 15) is 4.79 Å². The molecule has 112 valence electrons.